The van der Waals surface area contributed by atoms with Crippen LogP contribution in [0.15, 0.2) is 0 Å². The molecule has 82 valence electrons. The van der Waals surface area contributed by atoms with Crippen molar-refractivity contribution in [3.8, 4) is 6.07 Å². The smallest absolute Gasteiger partial charge is 0.324 e. The molecule has 0 spiro atoms. The predicted octanol–water partition coefficient (Wildman–Crippen LogP) is 1.01. The minimum absolute atomic E-state index is 0.190. The van der Waals surface area contributed by atoms with Crippen molar-refractivity contribution in [3.63, 3.8) is 0 Å². The van der Waals surface area contributed by atoms with Crippen molar-refractivity contribution in [1.29, 1.82) is 5.26 Å². The summed E-state index contributed by atoms with van der Waals surface area (Å²) in [5, 5.41) is 10.9. The first-order chi connectivity index (χ1) is 6.99. The molecule has 0 unspecified atom stereocenters. The van der Waals surface area contributed by atoms with E-state index in [1.165, 1.54) is 4.90 Å². The van der Waals surface area contributed by atoms with E-state index in [2.05, 4.69) is 5.32 Å². The van der Waals surface area contributed by atoms with E-state index < -0.39 is 5.54 Å². The standard InChI is InChI=1S/C10H15N3O2/c1-10(2)8(14)13(9(15)12-10)7-5-3-4-6-11/h3-5,7H2,1-2H3,(H,12,15). The van der Waals surface area contributed by atoms with Gasteiger partial charge in [0.15, 0.2) is 0 Å². The number of hydrogen-bond acceptors (Lipinski definition) is 3. The molecule has 15 heavy (non-hydrogen) atoms. The molecule has 1 rings (SSSR count). The van der Waals surface area contributed by atoms with Gasteiger partial charge in [0.1, 0.15) is 5.54 Å². The summed E-state index contributed by atoms with van der Waals surface area (Å²) in [5.74, 6) is -0.190. The van der Waals surface area contributed by atoms with E-state index in [0.29, 0.717) is 25.8 Å². The van der Waals surface area contributed by atoms with Crippen LogP contribution >= 0.6 is 0 Å². The summed E-state index contributed by atoms with van der Waals surface area (Å²) in [6.45, 7) is 3.76. The van der Waals surface area contributed by atoms with E-state index in [0.717, 1.165) is 0 Å². The van der Waals surface area contributed by atoms with Crippen molar-refractivity contribution in [2.45, 2.75) is 38.6 Å². The SMILES string of the molecule is CC1(C)NC(=O)N(CCCCC#N)C1=O. The van der Waals surface area contributed by atoms with E-state index in [4.69, 9.17) is 5.26 Å². The molecule has 3 amide bonds. The fourth-order valence-corrected chi connectivity index (χ4v) is 1.49. The maximum absolute atomic E-state index is 11.7. The van der Waals surface area contributed by atoms with Crippen LogP contribution in [0.25, 0.3) is 0 Å². The van der Waals surface area contributed by atoms with Crippen molar-refractivity contribution in [2.24, 2.45) is 0 Å². The van der Waals surface area contributed by atoms with Crippen LogP contribution in [0.5, 0.6) is 0 Å². The first kappa shape index (κ1) is 11.5. The number of urea groups is 1. The number of amides is 3. The van der Waals surface area contributed by atoms with Gasteiger partial charge in [-0.05, 0) is 26.7 Å². The van der Waals surface area contributed by atoms with Crippen LogP contribution in [-0.2, 0) is 4.79 Å². The molecular weight excluding hydrogens is 194 g/mol. The number of nitriles is 1. The lowest BCUT2D eigenvalue weighted by molar-refractivity contribution is -0.130. The lowest BCUT2D eigenvalue weighted by Crippen LogP contribution is -2.40. The van der Waals surface area contributed by atoms with Gasteiger partial charge in [0.25, 0.3) is 5.91 Å². The van der Waals surface area contributed by atoms with Gasteiger partial charge in [-0.15, -0.1) is 0 Å². The number of imide groups is 1. The molecule has 0 atom stereocenters. The Labute approximate surface area is 89.0 Å². The fourth-order valence-electron chi connectivity index (χ4n) is 1.49. The molecule has 0 aromatic heterocycles. The summed E-state index contributed by atoms with van der Waals surface area (Å²) in [4.78, 5) is 24.3. The van der Waals surface area contributed by atoms with Crippen LogP contribution in [0.4, 0.5) is 4.79 Å². The van der Waals surface area contributed by atoms with Crippen LogP contribution < -0.4 is 5.32 Å². The molecule has 1 N–H and O–H groups in total. The highest BCUT2D eigenvalue weighted by Crippen LogP contribution is 2.17. The Morgan fingerprint density at radius 2 is 2.07 bits per heavy atom. The van der Waals surface area contributed by atoms with E-state index >= 15 is 0 Å². The highest BCUT2D eigenvalue weighted by atomic mass is 16.2. The lowest BCUT2D eigenvalue weighted by Gasteiger charge is -2.15. The van der Waals surface area contributed by atoms with Crippen molar-refractivity contribution >= 4 is 11.9 Å². The number of nitrogens with zero attached hydrogens (tertiary/aromatic N) is 2. The maximum Gasteiger partial charge on any atom is 0.325 e. The lowest BCUT2D eigenvalue weighted by atomic mass is 10.1. The molecule has 1 fully saturated rings. The Bertz CT molecular complexity index is 317. The largest absolute Gasteiger partial charge is 0.325 e. The minimum Gasteiger partial charge on any atom is -0.324 e. The van der Waals surface area contributed by atoms with Crippen LogP contribution in [0, 0.1) is 11.3 Å². The molecule has 1 saturated heterocycles. The summed E-state index contributed by atoms with van der Waals surface area (Å²) >= 11 is 0. The Morgan fingerprint density at radius 3 is 2.53 bits per heavy atom. The first-order valence-electron chi connectivity index (χ1n) is 5.00. The summed E-state index contributed by atoms with van der Waals surface area (Å²) in [5.41, 5.74) is -0.785. The number of nitrogens with one attached hydrogen (secondary N) is 1. The third-order valence-electron chi connectivity index (χ3n) is 2.36. The van der Waals surface area contributed by atoms with Crippen LogP contribution in [0.2, 0.25) is 0 Å². The van der Waals surface area contributed by atoms with Gasteiger partial charge < -0.3 is 5.32 Å². The molecule has 0 aromatic carbocycles. The van der Waals surface area contributed by atoms with Gasteiger partial charge in [0, 0.05) is 13.0 Å². The van der Waals surface area contributed by atoms with Crippen molar-refractivity contribution in [2.75, 3.05) is 6.54 Å². The Morgan fingerprint density at radius 1 is 1.40 bits per heavy atom. The van der Waals surface area contributed by atoms with Gasteiger partial charge in [-0.3, -0.25) is 9.69 Å². The molecule has 0 aromatic rings. The second-order valence-electron chi connectivity index (χ2n) is 4.13. The third-order valence-corrected chi connectivity index (χ3v) is 2.36. The number of hydrogen-bond donors (Lipinski definition) is 1. The quantitative estimate of drug-likeness (QED) is 0.554. The zero-order valence-electron chi connectivity index (χ0n) is 9.04. The van der Waals surface area contributed by atoms with Crippen molar-refractivity contribution < 1.29 is 9.59 Å². The second-order valence-corrected chi connectivity index (χ2v) is 4.13. The summed E-state index contributed by atoms with van der Waals surface area (Å²) in [6.07, 6.45) is 1.86. The number of unbranched alkanes of at least 4 members (excludes halogenated alkanes) is 2. The van der Waals surface area contributed by atoms with Gasteiger partial charge in [-0.25, -0.2) is 4.79 Å². The predicted molar refractivity (Wildman–Crippen MR) is 53.8 cm³/mol. The van der Waals surface area contributed by atoms with E-state index in [9.17, 15) is 9.59 Å². The molecule has 5 heteroatoms. The maximum atomic E-state index is 11.7. The second kappa shape index (κ2) is 4.30. The topological polar surface area (TPSA) is 73.2 Å². The normalized spacial score (nSPS) is 18.9. The summed E-state index contributed by atoms with van der Waals surface area (Å²) < 4.78 is 0. The first-order valence-corrected chi connectivity index (χ1v) is 5.00. The van der Waals surface area contributed by atoms with Crippen LogP contribution in [0.1, 0.15) is 33.1 Å². The third kappa shape index (κ3) is 2.46. The number of rotatable bonds is 4. The molecule has 0 aliphatic carbocycles. The molecule has 1 aliphatic heterocycles. The van der Waals surface area contributed by atoms with Gasteiger partial charge in [-0.1, -0.05) is 0 Å². The monoisotopic (exact) mass is 209 g/mol. The van der Waals surface area contributed by atoms with Gasteiger partial charge >= 0.3 is 6.03 Å². The number of carbonyl (C=O) groups excluding carboxylic acids is 2. The van der Waals surface area contributed by atoms with Gasteiger partial charge in [0.2, 0.25) is 0 Å². The Balaban J connectivity index is 2.46. The van der Waals surface area contributed by atoms with E-state index in [1.807, 2.05) is 6.07 Å². The molecule has 0 radical (unpaired) electrons. The highest BCUT2D eigenvalue weighted by molar-refractivity contribution is 6.06. The Kier molecular flexibility index (Phi) is 3.30. The summed E-state index contributed by atoms with van der Waals surface area (Å²) in [6, 6.07) is 1.70. The molecular formula is C10H15N3O2. The van der Waals surface area contributed by atoms with Gasteiger partial charge in [0.05, 0.1) is 6.07 Å². The Hall–Kier alpha value is -1.57. The fraction of sp³-hybridized carbons (Fsp3) is 0.700. The average Bonchev–Trinajstić information content (AvgIpc) is 2.33. The minimum atomic E-state index is -0.785. The molecule has 1 aliphatic rings. The van der Waals surface area contributed by atoms with Crippen LogP contribution in [-0.4, -0.2) is 28.9 Å². The molecule has 5 nitrogen and oxygen atoms in total. The van der Waals surface area contributed by atoms with Crippen molar-refractivity contribution in [3.05, 3.63) is 0 Å². The molecule has 0 saturated carbocycles. The van der Waals surface area contributed by atoms with E-state index in [-0.39, 0.29) is 11.9 Å². The molecule has 1 heterocycles. The van der Waals surface area contributed by atoms with E-state index in [1.54, 1.807) is 13.8 Å². The average molecular weight is 209 g/mol. The van der Waals surface area contributed by atoms with Crippen molar-refractivity contribution in [1.82, 2.24) is 10.2 Å². The zero-order chi connectivity index (χ0) is 11.5. The van der Waals surface area contributed by atoms with Crippen LogP contribution in [0.3, 0.4) is 0 Å². The highest BCUT2D eigenvalue weighted by Gasteiger charge is 2.43. The zero-order valence-corrected chi connectivity index (χ0v) is 9.04. The molecule has 0 bridgehead atoms. The summed E-state index contributed by atoms with van der Waals surface area (Å²) in [7, 11) is 0. The van der Waals surface area contributed by atoms with Gasteiger partial charge in [-0.2, -0.15) is 5.26 Å². The number of carbonyl (C=O) groups is 2.